The van der Waals surface area contributed by atoms with Crippen LogP contribution < -0.4 is 0 Å². The average Bonchev–Trinajstić information content (AvgIpc) is 3.33. The summed E-state index contributed by atoms with van der Waals surface area (Å²) in [7, 11) is 2.06. The molecule has 1 aliphatic heterocycles. The molecule has 138 valence electrons. The van der Waals surface area contributed by atoms with Gasteiger partial charge in [0.1, 0.15) is 5.82 Å². The van der Waals surface area contributed by atoms with E-state index in [0.29, 0.717) is 18.0 Å². The molecule has 0 radical (unpaired) electrons. The zero-order valence-corrected chi connectivity index (χ0v) is 15.5. The summed E-state index contributed by atoms with van der Waals surface area (Å²) in [5.74, 6) is 2.41. The monoisotopic (exact) mass is 361 g/mol. The Bertz CT molecular complexity index is 918. The maximum atomic E-state index is 8.94. The van der Waals surface area contributed by atoms with Crippen molar-refractivity contribution in [3.8, 4) is 6.07 Å². The van der Waals surface area contributed by atoms with E-state index in [-0.39, 0.29) is 0 Å². The number of likely N-dealkylation sites (tertiary alicyclic amines) is 1. The predicted octanol–water partition coefficient (Wildman–Crippen LogP) is 2.31. The first-order valence-electron chi connectivity index (χ1n) is 9.28. The van der Waals surface area contributed by atoms with E-state index in [0.717, 1.165) is 44.1 Å². The molecule has 27 heavy (non-hydrogen) atoms. The lowest BCUT2D eigenvalue weighted by Crippen LogP contribution is -2.34. The Hall–Kier alpha value is -2.98. The highest BCUT2D eigenvalue weighted by Crippen LogP contribution is 2.27. The fourth-order valence-electron chi connectivity index (χ4n) is 3.76. The third-order valence-electron chi connectivity index (χ3n) is 5.24. The summed E-state index contributed by atoms with van der Waals surface area (Å²) in [6.45, 7) is 3.67. The van der Waals surface area contributed by atoms with Gasteiger partial charge in [-0.2, -0.15) is 5.26 Å². The van der Waals surface area contributed by atoms with Crippen LogP contribution in [0.1, 0.15) is 41.5 Å². The molecule has 0 spiro atoms. The van der Waals surface area contributed by atoms with Gasteiger partial charge in [-0.15, -0.1) is 10.2 Å². The van der Waals surface area contributed by atoms with Gasteiger partial charge in [-0.1, -0.05) is 12.1 Å². The molecule has 0 aliphatic carbocycles. The van der Waals surface area contributed by atoms with Crippen LogP contribution in [0.15, 0.2) is 43.0 Å². The molecule has 3 heterocycles. The van der Waals surface area contributed by atoms with Gasteiger partial charge in [0, 0.05) is 38.4 Å². The molecule has 0 N–H and O–H groups in total. The molecular weight excluding hydrogens is 338 g/mol. The second-order valence-corrected chi connectivity index (χ2v) is 7.15. The van der Waals surface area contributed by atoms with E-state index in [1.54, 1.807) is 12.5 Å². The quantitative estimate of drug-likeness (QED) is 0.697. The zero-order valence-electron chi connectivity index (χ0n) is 15.5. The fourth-order valence-corrected chi connectivity index (χ4v) is 3.76. The van der Waals surface area contributed by atoms with E-state index in [2.05, 4.69) is 37.8 Å². The van der Waals surface area contributed by atoms with Crippen LogP contribution in [0.25, 0.3) is 0 Å². The van der Waals surface area contributed by atoms with Crippen molar-refractivity contribution in [1.29, 1.82) is 5.26 Å². The molecule has 1 aromatic carbocycles. The number of imidazole rings is 1. The Balaban J connectivity index is 1.43. The minimum absolute atomic E-state index is 0.395. The Morgan fingerprint density at radius 2 is 2.04 bits per heavy atom. The minimum Gasteiger partial charge on any atom is -0.330 e. The molecule has 3 aromatic rings. The van der Waals surface area contributed by atoms with E-state index in [9.17, 15) is 0 Å². The Labute approximate surface area is 158 Å². The summed E-state index contributed by atoms with van der Waals surface area (Å²) >= 11 is 0. The van der Waals surface area contributed by atoms with Gasteiger partial charge in [0.25, 0.3) is 0 Å². The summed E-state index contributed by atoms with van der Waals surface area (Å²) in [6.07, 6.45) is 7.81. The van der Waals surface area contributed by atoms with Gasteiger partial charge in [0.15, 0.2) is 5.82 Å². The molecule has 7 nitrogen and oxygen atoms in total. The number of benzene rings is 1. The number of rotatable bonds is 5. The predicted molar refractivity (Wildman–Crippen MR) is 101 cm³/mol. The van der Waals surface area contributed by atoms with Crippen molar-refractivity contribution in [2.45, 2.75) is 31.8 Å². The highest BCUT2D eigenvalue weighted by atomic mass is 15.3. The summed E-state index contributed by atoms with van der Waals surface area (Å²) < 4.78 is 4.14. The van der Waals surface area contributed by atoms with Gasteiger partial charge in [-0.25, -0.2) is 4.98 Å². The highest BCUT2D eigenvalue weighted by Gasteiger charge is 2.26. The SMILES string of the molecule is Cn1c(Cn2ccnc2)nnc1[C@@H]1CCCN(Cc2ccc(C#N)cc2)C1. The van der Waals surface area contributed by atoms with Crippen molar-refractivity contribution in [2.24, 2.45) is 7.05 Å². The summed E-state index contributed by atoms with van der Waals surface area (Å²) in [4.78, 5) is 6.56. The molecule has 7 heteroatoms. The maximum absolute atomic E-state index is 8.94. The van der Waals surface area contributed by atoms with Crippen LogP contribution in [-0.2, 0) is 20.1 Å². The van der Waals surface area contributed by atoms with Crippen molar-refractivity contribution in [3.63, 3.8) is 0 Å². The van der Waals surface area contributed by atoms with Gasteiger partial charge in [0.2, 0.25) is 0 Å². The number of nitriles is 1. The third-order valence-corrected chi connectivity index (χ3v) is 5.24. The van der Waals surface area contributed by atoms with Crippen LogP contribution in [0, 0.1) is 11.3 Å². The van der Waals surface area contributed by atoms with Crippen molar-refractivity contribution in [2.75, 3.05) is 13.1 Å². The maximum Gasteiger partial charge on any atom is 0.152 e. The van der Waals surface area contributed by atoms with Crippen molar-refractivity contribution < 1.29 is 0 Å². The number of nitrogens with zero attached hydrogens (tertiary/aromatic N) is 7. The fraction of sp³-hybridized carbons (Fsp3) is 0.400. The smallest absolute Gasteiger partial charge is 0.152 e. The van der Waals surface area contributed by atoms with E-state index in [4.69, 9.17) is 5.26 Å². The molecular formula is C20H23N7. The molecule has 4 rings (SSSR count). The van der Waals surface area contributed by atoms with Gasteiger partial charge in [0.05, 0.1) is 24.5 Å². The van der Waals surface area contributed by atoms with Crippen molar-refractivity contribution >= 4 is 0 Å². The zero-order chi connectivity index (χ0) is 18.6. The number of piperidine rings is 1. The molecule has 0 saturated carbocycles. The second kappa shape index (κ2) is 7.72. The number of hydrogen-bond donors (Lipinski definition) is 0. The van der Waals surface area contributed by atoms with Gasteiger partial charge in [-0.05, 0) is 37.1 Å². The van der Waals surface area contributed by atoms with E-state index in [1.165, 1.54) is 5.56 Å². The lowest BCUT2D eigenvalue weighted by molar-refractivity contribution is 0.195. The first-order valence-corrected chi connectivity index (χ1v) is 9.28. The third kappa shape index (κ3) is 3.91. The number of aromatic nitrogens is 5. The van der Waals surface area contributed by atoms with Crippen LogP contribution >= 0.6 is 0 Å². The lowest BCUT2D eigenvalue weighted by atomic mass is 9.96. The van der Waals surface area contributed by atoms with Crippen molar-refractivity contribution in [1.82, 2.24) is 29.2 Å². The Morgan fingerprint density at radius 3 is 2.78 bits per heavy atom. The molecule has 0 unspecified atom stereocenters. The summed E-state index contributed by atoms with van der Waals surface area (Å²) in [5.41, 5.74) is 1.95. The molecule has 0 bridgehead atoms. The largest absolute Gasteiger partial charge is 0.330 e. The van der Waals surface area contributed by atoms with Gasteiger partial charge < -0.3 is 9.13 Å². The molecule has 1 fully saturated rings. The van der Waals surface area contributed by atoms with Crippen LogP contribution in [0.2, 0.25) is 0 Å². The normalized spacial score (nSPS) is 17.7. The molecule has 1 atom stereocenters. The van der Waals surface area contributed by atoms with Crippen LogP contribution in [0.4, 0.5) is 0 Å². The van der Waals surface area contributed by atoms with Gasteiger partial charge in [-0.3, -0.25) is 4.90 Å². The topological polar surface area (TPSA) is 75.6 Å². The Morgan fingerprint density at radius 1 is 1.19 bits per heavy atom. The minimum atomic E-state index is 0.395. The highest BCUT2D eigenvalue weighted by molar-refractivity contribution is 5.31. The molecule has 1 aliphatic rings. The Kier molecular flexibility index (Phi) is 4.99. The van der Waals surface area contributed by atoms with Crippen LogP contribution in [0.3, 0.4) is 0 Å². The van der Waals surface area contributed by atoms with Crippen molar-refractivity contribution in [3.05, 3.63) is 65.8 Å². The van der Waals surface area contributed by atoms with Crippen LogP contribution in [0.5, 0.6) is 0 Å². The number of hydrogen-bond acceptors (Lipinski definition) is 5. The second-order valence-electron chi connectivity index (χ2n) is 7.15. The first kappa shape index (κ1) is 17.4. The molecule has 2 aromatic heterocycles. The average molecular weight is 361 g/mol. The van der Waals surface area contributed by atoms with E-state index < -0.39 is 0 Å². The van der Waals surface area contributed by atoms with Crippen LogP contribution in [-0.4, -0.2) is 42.3 Å². The molecule has 0 amide bonds. The standard InChI is InChI=1S/C20H23N7/c1-25-19(14-27-10-8-22-15-27)23-24-20(25)18-3-2-9-26(13-18)12-17-6-4-16(11-21)5-7-17/h4-8,10,15,18H,2-3,9,12-14H2,1H3/t18-/m1/s1. The van der Waals surface area contributed by atoms with Gasteiger partial charge >= 0.3 is 0 Å². The summed E-state index contributed by atoms with van der Waals surface area (Å²) in [6, 6.07) is 10.1. The van der Waals surface area contributed by atoms with E-state index in [1.807, 2.05) is 35.0 Å². The lowest BCUT2D eigenvalue weighted by Gasteiger charge is -2.32. The molecule has 1 saturated heterocycles. The van der Waals surface area contributed by atoms with E-state index >= 15 is 0 Å². The first-order chi connectivity index (χ1) is 13.2. The summed E-state index contributed by atoms with van der Waals surface area (Å²) in [5, 5.41) is 17.8.